The summed E-state index contributed by atoms with van der Waals surface area (Å²) in [6.07, 6.45) is 2.66. The van der Waals surface area contributed by atoms with E-state index in [0.29, 0.717) is 30.2 Å². The first-order valence-corrected chi connectivity index (χ1v) is 11.6. The van der Waals surface area contributed by atoms with Gasteiger partial charge in [0.25, 0.3) is 5.69 Å². The van der Waals surface area contributed by atoms with Crippen molar-refractivity contribution in [3.8, 4) is 0 Å². The maximum absolute atomic E-state index is 12.8. The van der Waals surface area contributed by atoms with Crippen LogP contribution in [0.2, 0.25) is 0 Å². The Balaban J connectivity index is 1.27. The van der Waals surface area contributed by atoms with Crippen molar-refractivity contribution in [2.75, 3.05) is 5.75 Å². The number of carbonyl (C=O) groups is 2. The van der Waals surface area contributed by atoms with Crippen molar-refractivity contribution >= 4 is 29.3 Å². The lowest BCUT2D eigenvalue weighted by Gasteiger charge is -2.56. The number of nitro groups is 1. The highest BCUT2D eigenvalue weighted by Gasteiger charge is 2.51. The molecule has 1 aromatic rings. The molecule has 1 aromatic carbocycles. The van der Waals surface area contributed by atoms with Gasteiger partial charge in [-0.1, -0.05) is 0 Å². The molecule has 32 heavy (non-hydrogen) atoms. The van der Waals surface area contributed by atoms with Gasteiger partial charge in [-0.3, -0.25) is 30.6 Å². The van der Waals surface area contributed by atoms with Crippen LogP contribution in [0.4, 0.5) is 18.9 Å². The zero-order valence-corrected chi connectivity index (χ0v) is 18.1. The maximum atomic E-state index is 12.8. The quantitative estimate of drug-likeness (QED) is 0.362. The van der Waals surface area contributed by atoms with Crippen LogP contribution in [-0.4, -0.2) is 22.5 Å². The molecule has 0 saturated heterocycles. The number of rotatable bonds is 6. The second-order valence-electron chi connectivity index (χ2n) is 9.42. The molecule has 5 rings (SSSR count). The van der Waals surface area contributed by atoms with Crippen molar-refractivity contribution in [1.29, 1.82) is 0 Å². The smallest absolute Gasteiger partial charge is 0.273 e. The average molecular weight is 472 g/mol. The Morgan fingerprint density at radius 1 is 1.06 bits per heavy atom. The van der Waals surface area contributed by atoms with Crippen LogP contribution in [0.3, 0.4) is 0 Å². The van der Waals surface area contributed by atoms with Crippen LogP contribution >= 0.6 is 11.8 Å². The number of thioether (sulfide) groups is 1. The fraction of sp³-hybridized carbons (Fsp3) is 0.619. The number of carbonyl (C=O) groups excluding carboxylic acids is 2. The molecule has 0 spiro atoms. The average Bonchev–Trinajstić information content (AvgIpc) is 2.68. The van der Waals surface area contributed by atoms with E-state index in [9.17, 15) is 32.9 Å². The highest BCUT2D eigenvalue weighted by Crippen LogP contribution is 2.61. The van der Waals surface area contributed by atoms with Crippen LogP contribution in [0.25, 0.3) is 0 Å². The fourth-order valence-electron chi connectivity index (χ4n) is 6.17. The lowest BCUT2D eigenvalue weighted by atomic mass is 9.49. The molecule has 4 aliphatic carbocycles. The van der Waals surface area contributed by atoms with Crippen LogP contribution in [0, 0.1) is 33.3 Å². The third-order valence-corrected chi connectivity index (χ3v) is 7.95. The molecule has 4 bridgehead atoms. The van der Waals surface area contributed by atoms with Gasteiger partial charge in [0.15, 0.2) is 0 Å². The number of halogens is 3. The predicted octanol–water partition coefficient (Wildman–Crippen LogP) is 4.46. The summed E-state index contributed by atoms with van der Waals surface area (Å²) in [7, 11) is 0. The van der Waals surface area contributed by atoms with E-state index in [1.807, 2.05) is 0 Å². The minimum absolute atomic E-state index is 0.0269. The van der Waals surface area contributed by atoms with Gasteiger partial charge in [0.05, 0.1) is 21.1 Å². The minimum Gasteiger partial charge on any atom is -0.273 e. The van der Waals surface area contributed by atoms with E-state index in [0.717, 1.165) is 43.2 Å². The SMILES string of the molecule is O=C(CSc1ccc(C(F)(F)F)cc1[N+](=O)[O-])NNC(=O)CC12CC3CC(CC(C3)C1)C2. The van der Waals surface area contributed by atoms with E-state index < -0.39 is 28.3 Å². The maximum Gasteiger partial charge on any atom is 0.416 e. The van der Waals surface area contributed by atoms with E-state index in [2.05, 4.69) is 10.9 Å². The molecule has 4 fully saturated rings. The van der Waals surface area contributed by atoms with Gasteiger partial charge in [-0.2, -0.15) is 13.2 Å². The van der Waals surface area contributed by atoms with Crippen molar-refractivity contribution in [1.82, 2.24) is 10.9 Å². The zero-order valence-electron chi connectivity index (χ0n) is 17.2. The second-order valence-corrected chi connectivity index (χ2v) is 10.4. The molecule has 0 aliphatic heterocycles. The molecule has 0 atom stereocenters. The van der Waals surface area contributed by atoms with Gasteiger partial charge in [0, 0.05) is 12.5 Å². The number of nitrogens with one attached hydrogen (secondary N) is 2. The van der Waals surface area contributed by atoms with Gasteiger partial charge in [-0.05, 0) is 73.8 Å². The molecule has 4 aliphatic rings. The largest absolute Gasteiger partial charge is 0.416 e. The monoisotopic (exact) mass is 471 g/mol. The highest BCUT2D eigenvalue weighted by molar-refractivity contribution is 8.00. The Morgan fingerprint density at radius 2 is 1.62 bits per heavy atom. The molecule has 0 unspecified atom stereocenters. The van der Waals surface area contributed by atoms with E-state index >= 15 is 0 Å². The highest BCUT2D eigenvalue weighted by atomic mass is 32.2. The Morgan fingerprint density at radius 3 is 2.16 bits per heavy atom. The first kappa shape index (κ1) is 22.9. The zero-order chi connectivity index (χ0) is 23.1. The summed E-state index contributed by atoms with van der Waals surface area (Å²) in [4.78, 5) is 34.7. The molecular formula is C21H24F3N3O4S. The van der Waals surface area contributed by atoms with Crippen molar-refractivity contribution < 1.29 is 27.7 Å². The van der Waals surface area contributed by atoms with Gasteiger partial charge in [0.2, 0.25) is 11.8 Å². The van der Waals surface area contributed by atoms with Gasteiger partial charge >= 0.3 is 6.18 Å². The van der Waals surface area contributed by atoms with Crippen LogP contribution in [0.5, 0.6) is 0 Å². The standard InChI is InChI=1S/C21H24F3N3O4S/c22-21(23,24)15-1-2-17(16(6-15)27(30)31)32-11-19(29)26-25-18(28)10-20-7-12-3-13(8-20)5-14(4-12)9-20/h1-2,6,12-14H,3-5,7-11H2,(H,25,28)(H,26,29). The summed E-state index contributed by atoms with van der Waals surface area (Å²) in [5, 5.41) is 11.1. The number of benzene rings is 1. The topological polar surface area (TPSA) is 101 Å². The Labute approximate surface area is 187 Å². The summed E-state index contributed by atoms with van der Waals surface area (Å²) < 4.78 is 38.4. The van der Waals surface area contributed by atoms with Crippen LogP contribution in [0.15, 0.2) is 23.1 Å². The third-order valence-electron chi connectivity index (χ3n) is 6.88. The number of hydrazine groups is 1. The predicted molar refractivity (Wildman–Crippen MR) is 110 cm³/mol. The van der Waals surface area contributed by atoms with E-state index in [4.69, 9.17) is 0 Å². The van der Waals surface area contributed by atoms with Crippen LogP contribution in [-0.2, 0) is 15.8 Å². The fourth-order valence-corrected chi connectivity index (χ4v) is 6.97. The Hall–Kier alpha value is -2.30. The van der Waals surface area contributed by atoms with Crippen molar-refractivity contribution in [3.05, 3.63) is 33.9 Å². The summed E-state index contributed by atoms with van der Waals surface area (Å²) in [5.74, 6) is 0.983. The number of hydrogen-bond acceptors (Lipinski definition) is 5. The normalized spacial score (nSPS) is 28.4. The molecule has 174 valence electrons. The van der Waals surface area contributed by atoms with Gasteiger partial charge < -0.3 is 0 Å². The Bertz CT molecular complexity index is 902. The minimum atomic E-state index is -4.70. The summed E-state index contributed by atoms with van der Waals surface area (Å²) in [5.41, 5.74) is 2.91. The molecule has 0 heterocycles. The van der Waals surface area contributed by atoms with E-state index in [1.165, 1.54) is 19.3 Å². The molecule has 0 radical (unpaired) electrons. The molecule has 7 nitrogen and oxygen atoms in total. The molecular weight excluding hydrogens is 447 g/mol. The molecule has 11 heteroatoms. The van der Waals surface area contributed by atoms with Crippen molar-refractivity contribution in [3.63, 3.8) is 0 Å². The summed E-state index contributed by atoms with van der Waals surface area (Å²) in [6.45, 7) is 0. The molecule has 2 N–H and O–H groups in total. The van der Waals surface area contributed by atoms with Crippen molar-refractivity contribution in [2.45, 2.75) is 56.0 Å². The van der Waals surface area contributed by atoms with E-state index in [1.54, 1.807) is 0 Å². The number of alkyl halides is 3. The lowest BCUT2D eigenvalue weighted by Crippen LogP contribution is -2.50. The first-order valence-electron chi connectivity index (χ1n) is 10.6. The van der Waals surface area contributed by atoms with Gasteiger partial charge in [-0.25, -0.2) is 0 Å². The van der Waals surface area contributed by atoms with Crippen LogP contribution < -0.4 is 10.9 Å². The van der Waals surface area contributed by atoms with Gasteiger partial charge in [-0.15, -0.1) is 11.8 Å². The first-order chi connectivity index (χ1) is 15.0. The van der Waals surface area contributed by atoms with Gasteiger partial charge in [0.1, 0.15) is 0 Å². The third kappa shape index (κ3) is 5.02. The molecule has 0 aromatic heterocycles. The summed E-state index contributed by atoms with van der Waals surface area (Å²) in [6, 6.07) is 2.17. The number of nitro benzene ring substituents is 1. The molecule has 2 amide bonds. The van der Waals surface area contributed by atoms with E-state index in [-0.39, 0.29) is 22.0 Å². The number of nitrogens with zero attached hydrogens (tertiary/aromatic N) is 1. The second kappa shape index (κ2) is 8.57. The number of amides is 2. The van der Waals surface area contributed by atoms with Crippen LogP contribution in [0.1, 0.15) is 50.5 Å². The lowest BCUT2D eigenvalue weighted by molar-refractivity contribution is -0.388. The van der Waals surface area contributed by atoms with Crippen molar-refractivity contribution in [2.24, 2.45) is 23.2 Å². The summed E-state index contributed by atoms with van der Waals surface area (Å²) >= 11 is 0.737. The molecule has 4 saturated carbocycles. The Kier molecular flexibility index (Phi) is 6.12. The number of hydrogen-bond donors (Lipinski definition) is 2.